The van der Waals surface area contributed by atoms with Crippen LogP contribution in [0.3, 0.4) is 0 Å². The van der Waals surface area contributed by atoms with E-state index in [1.807, 2.05) is 31.2 Å². The van der Waals surface area contributed by atoms with E-state index in [-0.39, 0.29) is 25.0 Å². The highest BCUT2D eigenvalue weighted by Gasteiger charge is 2.28. The minimum absolute atomic E-state index is 0.177. The van der Waals surface area contributed by atoms with Gasteiger partial charge >= 0.3 is 0 Å². The zero-order valence-electron chi connectivity index (χ0n) is 17.7. The first kappa shape index (κ1) is 24.0. The topological polar surface area (TPSA) is 58.6 Å². The predicted molar refractivity (Wildman–Crippen MR) is 121 cm³/mol. The lowest BCUT2D eigenvalue weighted by molar-refractivity contribution is -0.142. The molecule has 7 heteroatoms. The molecule has 1 atom stereocenters. The van der Waals surface area contributed by atoms with Gasteiger partial charge in [0.05, 0.1) is 0 Å². The van der Waals surface area contributed by atoms with Gasteiger partial charge in [-0.05, 0) is 47.7 Å². The molecule has 2 aromatic carbocycles. The second-order valence-corrected chi connectivity index (χ2v) is 8.15. The molecule has 0 spiro atoms. The first-order chi connectivity index (χ1) is 14.3. The monoisotopic (exact) mass is 450 g/mol. The van der Waals surface area contributed by atoms with Crippen molar-refractivity contribution in [3.8, 4) is 5.75 Å². The van der Waals surface area contributed by atoms with Crippen molar-refractivity contribution in [2.24, 2.45) is 0 Å². The van der Waals surface area contributed by atoms with Gasteiger partial charge in [0.2, 0.25) is 5.91 Å². The van der Waals surface area contributed by atoms with E-state index in [9.17, 15) is 9.59 Å². The Labute approximate surface area is 188 Å². The second kappa shape index (κ2) is 11.2. The molecular formula is C23H28Cl2N2O3. The lowest BCUT2D eigenvalue weighted by Crippen LogP contribution is -2.49. The van der Waals surface area contributed by atoms with Crippen LogP contribution in [0.25, 0.3) is 0 Å². The van der Waals surface area contributed by atoms with Gasteiger partial charge in [0, 0.05) is 23.6 Å². The Kier molecular flexibility index (Phi) is 9.00. The molecule has 0 saturated heterocycles. The second-order valence-electron chi connectivity index (χ2n) is 7.31. The average molecular weight is 451 g/mol. The Morgan fingerprint density at radius 1 is 1.10 bits per heavy atom. The van der Waals surface area contributed by atoms with Gasteiger partial charge in [0.25, 0.3) is 5.91 Å². The van der Waals surface area contributed by atoms with Crippen molar-refractivity contribution in [3.05, 3.63) is 63.6 Å². The molecule has 1 N–H and O–H groups in total. The summed E-state index contributed by atoms with van der Waals surface area (Å²) in [6, 6.07) is 12.1. The van der Waals surface area contributed by atoms with Gasteiger partial charge in [-0.15, -0.1) is 0 Å². The number of benzene rings is 2. The standard InChI is InChI=1S/C23H28Cl2N2O3/c1-5-21(23(29)26-4)27(13-17-6-9-18(24)12-20(17)25)22(28)14-30-19-10-7-16(8-11-19)15(2)3/h6-12,15,21H,5,13-14H2,1-4H3,(H,26,29)/t21-/m0/s1. The molecule has 2 amide bonds. The fourth-order valence-electron chi connectivity index (χ4n) is 3.10. The zero-order chi connectivity index (χ0) is 22.3. The minimum atomic E-state index is -0.638. The molecule has 0 aliphatic carbocycles. The lowest BCUT2D eigenvalue weighted by Gasteiger charge is -2.30. The van der Waals surface area contributed by atoms with E-state index in [2.05, 4.69) is 19.2 Å². The summed E-state index contributed by atoms with van der Waals surface area (Å²) in [5, 5.41) is 3.57. The fourth-order valence-corrected chi connectivity index (χ4v) is 3.56. The van der Waals surface area contributed by atoms with Gasteiger partial charge in [-0.1, -0.05) is 62.2 Å². The van der Waals surface area contributed by atoms with E-state index in [0.717, 1.165) is 0 Å². The first-order valence-electron chi connectivity index (χ1n) is 9.94. The van der Waals surface area contributed by atoms with E-state index in [1.54, 1.807) is 25.2 Å². The van der Waals surface area contributed by atoms with E-state index in [4.69, 9.17) is 27.9 Å². The largest absolute Gasteiger partial charge is 0.484 e. The van der Waals surface area contributed by atoms with Crippen LogP contribution in [-0.4, -0.2) is 36.4 Å². The van der Waals surface area contributed by atoms with Crippen LogP contribution in [0.15, 0.2) is 42.5 Å². The number of carbonyl (C=O) groups is 2. The number of amides is 2. The quantitative estimate of drug-likeness (QED) is 0.581. The molecule has 162 valence electrons. The normalized spacial score (nSPS) is 11.8. The highest BCUT2D eigenvalue weighted by molar-refractivity contribution is 6.35. The van der Waals surface area contributed by atoms with Crippen molar-refractivity contribution in [2.45, 2.75) is 45.7 Å². The first-order valence-corrected chi connectivity index (χ1v) is 10.7. The van der Waals surface area contributed by atoms with Gasteiger partial charge in [-0.3, -0.25) is 9.59 Å². The predicted octanol–water partition coefficient (Wildman–Crippen LogP) is 5.05. The molecule has 2 rings (SSSR count). The highest BCUT2D eigenvalue weighted by Crippen LogP contribution is 2.24. The molecule has 0 bridgehead atoms. The number of halogens is 2. The van der Waals surface area contributed by atoms with Gasteiger partial charge in [-0.25, -0.2) is 0 Å². The summed E-state index contributed by atoms with van der Waals surface area (Å²) in [5.41, 5.74) is 1.90. The average Bonchev–Trinajstić information content (AvgIpc) is 2.73. The number of nitrogens with one attached hydrogen (secondary N) is 1. The molecule has 0 radical (unpaired) electrons. The molecular weight excluding hydrogens is 423 g/mol. The maximum atomic E-state index is 13.0. The highest BCUT2D eigenvalue weighted by atomic mass is 35.5. The van der Waals surface area contributed by atoms with E-state index in [1.165, 1.54) is 10.5 Å². The van der Waals surface area contributed by atoms with E-state index in [0.29, 0.717) is 33.7 Å². The summed E-state index contributed by atoms with van der Waals surface area (Å²) in [4.78, 5) is 26.9. The fraction of sp³-hybridized carbons (Fsp3) is 0.391. The van der Waals surface area contributed by atoms with Crippen molar-refractivity contribution in [2.75, 3.05) is 13.7 Å². The van der Waals surface area contributed by atoms with Gasteiger partial charge < -0.3 is 15.0 Å². The Morgan fingerprint density at radius 2 is 1.77 bits per heavy atom. The van der Waals surface area contributed by atoms with E-state index < -0.39 is 6.04 Å². The van der Waals surface area contributed by atoms with Crippen LogP contribution in [0.5, 0.6) is 5.75 Å². The number of carbonyl (C=O) groups excluding carboxylic acids is 2. The number of ether oxygens (including phenoxy) is 1. The number of rotatable bonds is 9. The maximum absolute atomic E-state index is 13.0. The van der Waals surface area contributed by atoms with Crippen LogP contribution < -0.4 is 10.1 Å². The number of nitrogens with zero attached hydrogens (tertiary/aromatic N) is 1. The molecule has 0 heterocycles. The number of hydrogen-bond acceptors (Lipinski definition) is 3. The molecule has 0 aliphatic rings. The molecule has 0 aromatic heterocycles. The smallest absolute Gasteiger partial charge is 0.261 e. The summed E-state index contributed by atoms with van der Waals surface area (Å²) in [6.45, 7) is 6.08. The minimum Gasteiger partial charge on any atom is -0.484 e. The third-order valence-corrected chi connectivity index (χ3v) is 5.48. The van der Waals surface area contributed by atoms with Crippen molar-refractivity contribution in [1.82, 2.24) is 10.2 Å². The van der Waals surface area contributed by atoms with Crippen LogP contribution in [0.1, 0.15) is 44.2 Å². The lowest BCUT2D eigenvalue weighted by atomic mass is 10.0. The summed E-state index contributed by atoms with van der Waals surface area (Å²) in [7, 11) is 1.55. The Hall–Kier alpha value is -2.24. The SMILES string of the molecule is CC[C@@H](C(=O)NC)N(Cc1ccc(Cl)cc1Cl)C(=O)COc1ccc(C(C)C)cc1. The molecule has 30 heavy (non-hydrogen) atoms. The molecule has 0 saturated carbocycles. The number of likely N-dealkylation sites (N-methyl/N-ethyl adjacent to an activating group) is 1. The van der Waals surface area contributed by atoms with Crippen LogP contribution >= 0.6 is 23.2 Å². The van der Waals surface area contributed by atoms with Crippen molar-refractivity contribution < 1.29 is 14.3 Å². The molecule has 0 aliphatic heterocycles. The Balaban J connectivity index is 2.19. The van der Waals surface area contributed by atoms with Crippen molar-refractivity contribution >= 4 is 35.0 Å². The molecule has 0 fully saturated rings. The third-order valence-electron chi connectivity index (χ3n) is 4.90. The van der Waals surface area contributed by atoms with Gasteiger partial charge in [-0.2, -0.15) is 0 Å². The third kappa shape index (κ3) is 6.38. The zero-order valence-corrected chi connectivity index (χ0v) is 19.3. The van der Waals surface area contributed by atoms with Gasteiger partial charge in [0.15, 0.2) is 6.61 Å². The molecule has 0 unspecified atom stereocenters. The molecule has 2 aromatic rings. The summed E-state index contributed by atoms with van der Waals surface area (Å²) < 4.78 is 5.70. The van der Waals surface area contributed by atoms with Crippen molar-refractivity contribution in [3.63, 3.8) is 0 Å². The Bertz CT molecular complexity index is 869. The van der Waals surface area contributed by atoms with Crippen LogP contribution in [0.4, 0.5) is 0 Å². The summed E-state index contributed by atoms with van der Waals surface area (Å²) in [6.07, 6.45) is 0.458. The van der Waals surface area contributed by atoms with Crippen LogP contribution in [0.2, 0.25) is 10.0 Å². The van der Waals surface area contributed by atoms with E-state index >= 15 is 0 Å². The maximum Gasteiger partial charge on any atom is 0.261 e. The summed E-state index contributed by atoms with van der Waals surface area (Å²) in [5.74, 6) is 0.477. The van der Waals surface area contributed by atoms with Crippen LogP contribution in [0, 0.1) is 0 Å². The summed E-state index contributed by atoms with van der Waals surface area (Å²) >= 11 is 12.3. The number of hydrogen-bond donors (Lipinski definition) is 1. The van der Waals surface area contributed by atoms with Crippen molar-refractivity contribution in [1.29, 1.82) is 0 Å². The van der Waals surface area contributed by atoms with Crippen LogP contribution in [-0.2, 0) is 16.1 Å². The van der Waals surface area contributed by atoms with Gasteiger partial charge in [0.1, 0.15) is 11.8 Å². The Morgan fingerprint density at radius 3 is 2.30 bits per heavy atom. The molecule has 5 nitrogen and oxygen atoms in total.